The summed E-state index contributed by atoms with van der Waals surface area (Å²) in [5.74, 6) is 0.193. The van der Waals surface area contributed by atoms with E-state index in [1.807, 2.05) is 13.0 Å². The minimum Gasteiger partial charge on any atom is -0.484 e. The highest BCUT2D eigenvalue weighted by atomic mass is 35.5. The number of aryl methyl sites for hydroxylation is 1. The Balaban J connectivity index is 1.53. The fourth-order valence-electron chi connectivity index (χ4n) is 2.66. The summed E-state index contributed by atoms with van der Waals surface area (Å²) in [6.07, 6.45) is 0.585. The lowest BCUT2D eigenvalue weighted by atomic mass is 10.1. The number of ether oxygens (including phenoxy) is 1. The molecule has 2 aromatic carbocycles. The third-order valence-electron chi connectivity index (χ3n) is 4.02. The molecule has 0 aliphatic heterocycles. The van der Waals surface area contributed by atoms with E-state index in [0.717, 1.165) is 16.5 Å². The molecular formula is C20H17Cl2NO4. The van der Waals surface area contributed by atoms with Crippen LogP contribution in [0.25, 0.3) is 11.0 Å². The van der Waals surface area contributed by atoms with E-state index in [4.69, 9.17) is 32.4 Å². The molecule has 0 unspecified atom stereocenters. The van der Waals surface area contributed by atoms with Crippen LogP contribution in [0.5, 0.6) is 5.75 Å². The molecule has 1 amide bonds. The fraction of sp³-hybridized carbons (Fsp3) is 0.200. The molecule has 5 nitrogen and oxygen atoms in total. The summed E-state index contributed by atoms with van der Waals surface area (Å²) in [4.78, 5) is 23.4. The molecule has 1 heterocycles. The highest BCUT2D eigenvalue weighted by molar-refractivity contribution is 6.35. The Kier molecular flexibility index (Phi) is 6.04. The Morgan fingerprint density at radius 1 is 1.15 bits per heavy atom. The van der Waals surface area contributed by atoms with Crippen LogP contribution in [0.4, 0.5) is 0 Å². The van der Waals surface area contributed by atoms with Crippen LogP contribution in [0.2, 0.25) is 10.0 Å². The van der Waals surface area contributed by atoms with Crippen LogP contribution in [-0.2, 0) is 11.2 Å². The van der Waals surface area contributed by atoms with Gasteiger partial charge in [0.1, 0.15) is 11.3 Å². The van der Waals surface area contributed by atoms with Crippen molar-refractivity contribution >= 4 is 40.1 Å². The van der Waals surface area contributed by atoms with Crippen molar-refractivity contribution in [1.29, 1.82) is 0 Å². The molecule has 140 valence electrons. The molecule has 0 aliphatic rings. The lowest BCUT2D eigenvalue weighted by Crippen LogP contribution is -2.30. The minimum atomic E-state index is -0.421. The van der Waals surface area contributed by atoms with E-state index in [1.54, 1.807) is 30.3 Å². The van der Waals surface area contributed by atoms with Crippen molar-refractivity contribution in [3.05, 3.63) is 74.1 Å². The number of halogens is 2. The summed E-state index contributed by atoms with van der Waals surface area (Å²) in [7, 11) is 0. The van der Waals surface area contributed by atoms with Gasteiger partial charge in [0, 0.05) is 34.1 Å². The van der Waals surface area contributed by atoms with E-state index in [-0.39, 0.29) is 12.5 Å². The number of fused-ring (bicyclic) bond motifs is 1. The molecule has 0 bridgehead atoms. The fourth-order valence-corrected chi connectivity index (χ4v) is 3.16. The normalized spacial score (nSPS) is 10.8. The van der Waals surface area contributed by atoms with Crippen molar-refractivity contribution in [3.8, 4) is 5.75 Å². The minimum absolute atomic E-state index is 0.143. The molecule has 0 saturated heterocycles. The standard InChI is InChI=1S/C20H17Cl2NO4/c1-12-8-20(25)27-18-10-15(4-5-16(12)18)26-11-19(24)23-7-6-13-2-3-14(21)9-17(13)22/h2-5,8-10H,6-7,11H2,1H3,(H,23,24). The number of amides is 1. The second kappa shape index (κ2) is 8.46. The van der Waals surface area contributed by atoms with Crippen LogP contribution in [-0.4, -0.2) is 19.1 Å². The first-order chi connectivity index (χ1) is 12.9. The highest BCUT2D eigenvalue weighted by Crippen LogP contribution is 2.22. The maximum absolute atomic E-state index is 12.0. The number of carbonyl (C=O) groups excluding carboxylic acids is 1. The summed E-state index contributed by atoms with van der Waals surface area (Å²) in [5.41, 5.74) is 1.74. The number of nitrogens with one attached hydrogen (secondary N) is 1. The summed E-state index contributed by atoms with van der Waals surface area (Å²) < 4.78 is 10.6. The second-order valence-corrected chi connectivity index (χ2v) is 6.87. The van der Waals surface area contributed by atoms with E-state index in [1.165, 1.54) is 6.07 Å². The topological polar surface area (TPSA) is 68.5 Å². The van der Waals surface area contributed by atoms with Crippen molar-refractivity contribution in [3.63, 3.8) is 0 Å². The number of rotatable bonds is 6. The maximum atomic E-state index is 12.0. The summed E-state index contributed by atoms with van der Waals surface area (Å²) in [5, 5.41) is 4.74. The molecule has 0 aliphatic carbocycles. The first-order valence-corrected chi connectivity index (χ1v) is 9.06. The van der Waals surface area contributed by atoms with Gasteiger partial charge < -0.3 is 14.5 Å². The third-order valence-corrected chi connectivity index (χ3v) is 4.61. The van der Waals surface area contributed by atoms with Gasteiger partial charge >= 0.3 is 5.63 Å². The van der Waals surface area contributed by atoms with Crippen LogP contribution >= 0.6 is 23.2 Å². The summed E-state index contributed by atoms with van der Waals surface area (Å²) in [6, 6.07) is 11.8. The van der Waals surface area contributed by atoms with E-state index in [2.05, 4.69) is 5.32 Å². The maximum Gasteiger partial charge on any atom is 0.336 e. The Morgan fingerprint density at radius 2 is 1.96 bits per heavy atom. The van der Waals surface area contributed by atoms with Crippen LogP contribution < -0.4 is 15.7 Å². The molecule has 0 spiro atoms. The molecule has 3 rings (SSSR count). The SMILES string of the molecule is Cc1cc(=O)oc2cc(OCC(=O)NCCc3ccc(Cl)cc3Cl)ccc12. The summed E-state index contributed by atoms with van der Waals surface area (Å²) >= 11 is 12.0. The molecule has 1 N–H and O–H groups in total. The first kappa shape index (κ1) is 19.3. The Hall–Kier alpha value is -2.50. The molecule has 27 heavy (non-hydrogen) atoms. The van der Waals surface area contributed by atoms with Crippen molar-refractivity contribution < 1.29 is 13.9 Å². The zero-order valence-corrected chi connectivity index (χ0v) is 16.1. The van der Waals surface area contributed by atoms with Crippen molar-refractivity contribution in [2.24, 2.45) is 0 Å². The third kappa shape index (κ3) is 5.02. The van der Waals surface area contributed by atoms with Gasteiger partial charge in [-0.1, -0.05) is 29.3 Å². The average Bonchev–Trinajstić information content (AvgIpc) is 2.61. The van der Waals surface area contributed by atoms with Crippen molar-refractivity contribution in [1.82, 2.24) is 5.32 Å². The number of carbonyl (C=O) groups is 1. The number of benzene rings is 2. The van der Waals surface area contributed by atoms with Gasteiger partial charge in [-0.15, -0.1) is 0 Å². The Labute approximate surface area is 165 Å². The average molecular weight is 406 g/mol. The molecular weight excluding hydrogens is 389 g/mol. The lowest BCUT2D eigenvalue weighted by molar-refractivity contribution is -0.123. The zero-order chi connectivity index (χ0) is 19.4. The quantitative estimate of drug-likeness (QED) is 0.625. The van der Waals surface area contributed by atoms with Gasteiger partial charge in [-0.25, -0.2) is 4.79 Å². The van der Waals surface area contributed by atoms with Crippen LogP contribution in [0.3, 0.4) is 0 Å². The van der Waals surface area contributed by atoms with E-state index in [0.29, 0.717) is 34.3 Å². The highest BCUT2D eigenvalue weighted by Gasteiger charge is 2.07. The summed E-state index contributed by atoms with van der Waals surface area (Å²) in [6.45, 7) is 2.12. The van der Waals surface area contributed by atoms with Gasteiger partial charge in [-0.05, 0) is 48.7 Å². The molecule has 3 aromatic rings. The van der Waals surface area contributed by atoms with Gasteiger partial charge in [0.25, 0.3) is 5.91 Å². The smallest absolute Gasteiger partial charge is 0.336 e. The molecule has 0 saturated carbocycles. The first-order valence-electron chi connectivity index (χ1n) is 8.30. The second-order valence-electron chi connectivity index (χ2n) is 6.03. The number of hydrogen-bond donors (Lipinski definition) is 1. The molecule has 0 fully saturated rings. The predicted molar refractivity (Wildman–Crippen MR) is 106 cm³/mol. The van der Waals surface area contributed by atoms with Gasteiger partial charge in [0.2, 0.25) is 0 Å². The largest absolute Gasteiger partial charge is 0.484 e. The van der Waals surface area contributed by atoms with E-state index < -0.39 is 5.63 Å². The van der Waals surface area contributed by atoms with Crippen LogP contribution in [0.1, 0.15) is 11.1 Å². The van der Waals surface area contributed by atoms with Crippen LogP contribution in [0.15, 0.2) is 51.7 Å². The van der Waals surface area contributed by atoms with Gasteiger partial charge in [0.05, 0.1) is 0 Å². The van der Waals surface area contributed by atoms with Crippen LogP contribution in [0, 0.1) is 6.92 Å². The molecule has 0 atom stereocenters. The number of hydrogen-bond acceptors (Lipinski definition) is 4. The lowest BCUT2D eigenvalue weighted by Gasteiger charge is -2.09. The molecule has 7 heteroatoms. The molecule has 1 aromatic heterocycles. The van der Waals surface area contributed by atoms with Gasteiger partial charge in [0.15, 0.2) is 6.61 Å². The Morgan fingerprint density at radius 3 is 2.74 bits per heavy atom. The van der Waals surface area contributed by atoms with Gasteiger partial charge in [-0.3, -0.25) is 4.79 Å². The zero-order valence-electron chi connectivity index (χ0n) is 14.6. The predicted octanol–water partition coefficient (Wildman–Crippen LogP) is 4.15. The monoisotopic (exact) mass is 405 g/mol. The molecule has 0 radical (unpaired) electrons. The van der Waals surface area contributed by atoms with E-state index in [9.17, 15) is 9.59 Å². The van der Waals surface area contributed by atoms with Gasteiger partial charge in [-0.2, -0.15) is 0 Å². The van der Waals surface area contributed by atoms with Crippen molar-refractivity contribution in [2.75, 3.05) is 13.2 Å². The van der Waals surface area contributed by atoms with E-state index >= 15 is 0 Å². The Bertz CT molecular complexity index is 1050. The van der Waals surface area contributed by atoms with Crippen molar-refractivity contribution in [2.45, 2.75) is 13.3 Å².